The second-order valence-electron chi connectivity index (χ2n) is 6.08. The van der Waals surface area contributed by atoms with Crippen LogP contribution in [-0.4, -0.2) is 43.2 Å². The number of ether oxygens (including phenoxy) is 2. The molecule has 23 heavy (non-hydrogen) atoms. The smallest absolute Gasteiger partial charge is 0.251 e. The highest BCUT2D eigenvalue weighted by Gasteiger charge is 2.29. The van der Waals surface area contributed by atoms with Gasteiger partial charge >= 0.3 is 0 Å². The number of hydrogen-bond donors (Lipinski definition) is 0. The first-order valence-corrected chi connectivity index (χ1v) is 8.29. The van der Waals surface area contributed by atoms with Gasteiger partial charge in [0.1, 0.15) is 6.10 Å². The molecule has 3 atom stereocenters. The third-order valence-corrected chi connectivity index (χ3v) is 4.06. The van der Waals surface area contributed by atoms with E-state index in [0.29, 0.717) is 13.0 Å². The number of likely N-dealkylation sites (N-methyl/N-ethyl adjacent to an activating group) is 1. The van der Waals surface area contributed by atoms with Gasteiger partial charge in [-0.15, -0.1) is 0 Å². The molecule has 1 heterocycles. The van der Waals surface area contributed by atoms with Gasteiger partial charge in [-0.3, -0.25) is 4.79 Å². The van der Waals surface area contributed by atoms with Crippen LogP contribution in [-0.2, 0) is 20.9 Å². The van der Waals surface area contributed by atoms with Gasteiger partial charge in [0.25, 0.3) is 5.91 Å². The fourth-order valence-electron chi connectivity index (χ4n) is 2.72. The Bertz CT molecular complexity index is 513. The third-order valence-electron chi connectivity index (χ3n) is 4.06. The first-order chi connectivity index (χ1) is 11.1. The molecule has 0 saturated carbocycles. The number of hydrogen-bond acceptors (Lipinski definition) is 3. The summed E-state index contributed by atoms with van der Waals surface area (Å²) in [4.78, 5) is 13.8. The van der Waals surface area contributed by atoms with Crippen LogP contribution in [0.2, 0.25) is 0 Å². The lowest BCUT2D eigenvalue weighted by Crippen LogP contribution is -2.42. The first-order valence-electron chi connectivity index (χ1n) is 8.29. The average Bonchev–Trinajstić information content (AvgIpc) is 2.54. The second-order valence-corrected chi connectivity index (χ2v) is 6.08. The topological polar surface area (TPSA) is 38.8 Å². The first kappa shape index (κ1) is 17.7. The summed E-state index contributed by atoms with van der Waals surface area (Å²) in [5.41, 5.74) is 1.15. The van der Waals surface area contributed by atoms with Gasteiger partial charge in [0.15, 0.2) is 0 Å². The molecule has 1 aliphatic heterocycles. The van der Waals surface area contributed by atoms with Crippen molar-refractivity contribution in [3.05, 3.63) is 48.0 Å². The van der Waals surface area contributed by atoms with Gasteiger partial charge in [-0.25, -0.2) is 0 Å². The van der Waals surface area contributed by atoms with Crippen molar-refractivity contribution in [2.24, 2.45) is 0 Å². The van der Waals surface area contributed by atoms with Gasteiger partial charge < -0.3 is 14.4 Å². The van der Waals surface area contributed by atoms with Gasteiger partial charge in [-0.1, -0.05) is 49.4 Å². The van der Waals surface area contributed by atoms with Crippen molar-refractivity contribution in [3.8, 4) is 0 Å². The van der Waals surface area contributed by atoms with E-state index in [1.54, 1.807) is 19.0 Å². The molecule has 4 heteroatoms. The van der Waals surface area contributed by atoms with Crippen LogP contribution in [0, 0.1) is 0 Å². The van der Waals surface area contributed by atoms with E-state index in [1.165, 1.54) is 0 Å². The van der Waals surface area contributed by atoms with Crippen molar-refractivity contribution in [2.75, 3.05) is 14.1 Å². The van der Waals surface area contributed by atoms with Crippen molar-refractivity contribution in [1.29, 1.82) is 0 Å². The highest BCUT2D eigenvalue weighted by atomic mass is 16.5. The van der Waals surface area contributed by atoms with E-state index < -0.39 is 6.10 Å². The lowest BCUT2D eigenvalue weighted by molar-refractivity contribution is -0.154. The van der Waals surface area contributed by atoms with Crippen molar-refractivity contribution in [2.45, 2.75) is 51.1 Å². The molecule has 1 amide bonds. The summed E-state index contributed by atoms with van der Waals surface area (Å²) < 4.78 is 12.2. The lowest BCUT2D eigenvalue weighted by Gasteiger charge is -2.31. The maximum absolute atomic E-state index is 12.2. The Morgan fingerprint density at radius 2 is 1.91 bits per heavy atom. The minimum atomic E-state index is -0.422. The number of carbonyl (C=O) groups excluding carboxylic acids is 1. The molecular formula is C19H27NO3. The van der Waals surface area contributed by atoms with E-state index in [-0.39, 0.29) is 18.1 Å². The lowest BCUT2D eigenvalue weighted by atomic mass is 10.0. The van der Waals surface area contributed by atoms with Crippen LogP contribution in [0.1, 0.15) is 31.7 Å². The third kappa shape index (κ3) is 5.19. The maximum Gasteiger partial charge on any atom is 0.251 e. The Balaban J connectivity index is 2.02. The molecule has 0 N–H and O–H groups in total. The molecule has 1 aromatic rings. The maximum atomic E-state index is 12.2. The molecule has 1 aromatic carbocycles. The van der Waals surface area contributed by atoms with Gasteiger partial charge in [0.05, 0.1) is 18.8 Å². The van der Waals surface area contributed by atoms with Gasteiger partial charge in [0.2, 0.25) is 0 Å². The molecule has 4 nitrogen and oxygen atoms in total. The highest BCUT2D eigenvalue weighted by Crippen LogP contribution is 2.21. The zero-order valence-corrected chi connectivity index (χ0v) is 14.3. The molecule has 0 spiro atoms. The number of nitrogens with zero attached hydrogens (tertiary/aromatic N) is 1. The number of amides is 1. The van der Waals surface area contributed by atoms with Crippen LogP contribution >= 0.6 is 0 Å². The standard InChI is InChI=1S/C19H27NO3/c1-4-16-17(22-14-15-10-6-5-7-11-15)12-8-9-13-18(23-16)19(21)20(2)3/h5-11,16-18H,4,12-14H2,1-3H3/b9-8-/t16-,17-,18-/m1/s1. The predicted molar refractivity (Wildman–Crippen MR) is 91.0 cm³/mol. The minimum Gasteiger partial charge on any atom is -0.371 e. The second kappa shape index (κ2) is 8.85. The average molecular weight is 317 g/mol. The van der Waals surface area contributed by atoms with E-state index in [2.05, 4.69) is 25.1 Å². The number of rotatable bonds is 5. The number of carbonyl (C=O) groups is 1. The van der Waals surface area contributed by atoms with Crippen LogP contribution in [0.3, 0.4) is 0 Å². The van der Waals surface area contributed by atoms with Crippen LogP contribution in [0.25, 0.3) is 0 Å². The summed E-state index contributed by atoms with van der Waals surface area (Å²) in [7, 11) is 3.52. The number of benzene rings is 1. The summed E-state index contributed by atoms with van der Waals surface area (Å²) in [6.45, 7) is 2.64. The van der Waals surface area contributed by atoms with E-state index in [1.807, 2.05) is 24.3 Å². The Morgan fingerprint density at radius 3 is 2.57 bits per heavy atom. The summed E-state index contributed by atoms with van der Waals surface area (Å²) in [5, 5.41) is 0. The molecule has 2 rings (SSSR count). The Morgan fingerprint density at radius 1 is 1.22 bits per heavy atom. The van der Waals surface area contributed by atoms with Crippen molar-refractivity contribution >= 4 is 5.91 Å². The molecule has 1 aliphatic rings. The summed E-state index contributed by atoms with van der Waals surface area (Å²) in [5.74, 6) is 0.0109. The van der Waals surface area contributed by atoms with Crippen LogP contribution < -0.4 is 0 Å². The Hall–Kier alpha value is -1.65. The van der Waals surface area contributed by atoms with E-state index in [4.69, 9.17) is 9.47 Å². The monoisotopic (exact) mass is 317 g/mol. The molecule has 0 aliphatic carbocycles. The molecule has 0 saturated heterocycles. The molecule has 0 fully saturated rings. The van der Waals surface area contributed by atoms with Crippen molar-refractivity contribution in [1.82, 2.24) is 4.90 Å². The largest absolute Gasteiger partial charge is 0.371 e. The zero-order chi connectivity index (χ0) is 16.7. The molecular weight excluding hydrogens is 290 g/mol. The van der Waals surface area contributed by atoms with E-state index in [0.717, 1.165) is 18.4 Å². The molecule has 126 valence electrons. The fourth-order valence-corrected chi connectivity index (χ4v) is 2.72. The highest BCUT2D eigenvalue weighted by molar-refractivity contribution is 5.80. The normalized spacial score (nSPS) is 26.1. The Labute approximate surface area is 139 Å². The quantitative estimate of drug-likeness (QED) is 0.783. The summed E-state index contributed by atoms with van der Waals surface area (Å²) in [6.07, 6.45) is 5.87. The van der Waals surface area contributed by atoms with Crippen molar-refractivity contribution < 1.29 is 14.3 Å². The minimum absolute atomic E-state index is 0.0109. The van der Waals surface area contributed by atoms with E-state index in [9.17, 15) is 4.79 Å². The van der Waals surface area contributed by atoms with Gasteiger partial charge in [0, 0.05) is 20.5 Å². The van der Waals surface area contributed by atoms with E-state index >= 15 is 0 Å². The van der Waals surface area contributed by atoms with Crippen LogP contribution in [0.5, 0.6) is 0 Å². The van der Waals surface area contributed by atoms with Crippen LogP contribution in [0.15, 0.2) is 42.5 Å². The summed E-state index contributed by atoms with van der Waals surface area (Å²) in [6, 6.07) is 10.1. The fraction of sp³-hybridized carbons (Fsp3) is 0.526. The van der Waals surface area contributed by atoms with Gasteiger partial charge in [-0.05, 0) is 18.4 Å². The predicted octanol–water partition coefficient (Wildman–Crippen LogP) is 3.17. The zero-order valence-electron chi connectivity index (χ0n) is 14.3. The molecule has 0 bridgehead atoms. The SMILES string of the molecule is CC[C@H]1O[C@@H](C(=O)N(C)C)C/C=C\C[C@H]1OCc1ccccc1. The van der Waals surface area contributed by atoms with Crippen molar-refractivity contribution in [3.63, 3.8) is 0 Å². The van der Waals surface area contributed by atoms with Crippen LogP contribution in [0.4, 0.5) is 0 Å². The molecule has 0 radical (unpaired) electrons. The summed E-state index contributed by atoms with van der Waals surface area (Å²) >= 11 is 0. The Kier molecular flexibility index (Phi) is 6.81. The van der Waals surface area contributed by atoms with Gasteiger partial charge in [-0.2, -0.15) is 0 Å². The molecule has 0 aromatic heterocycles. The molecule has 0 unspecified atom stereocenters.